The summed E-state index contributed by atoms with van der Waals surface area (Å²) in [6, 6.07) is 7.91. The van der Waals surface area contributed by atoms with Gasteiger partial charge in [-0.3, -0.25) is 0 Å². The SMILES string of the molecule is COc1ccc(CNc2ncnc(Cl)c2C(C)C)cc1. The van der Waals surface area contributed by atoms with E-state index in [1.165, 1.54) is 6.33 Å². The molecule has 0 saturated heterocycles. The van der Waals surface area contributed by atoms with Crippen molar-refractivity contribution in [3.63, 3.8) is 0 Å². The topological polar surface area (TPSA) is 47.0 Å². The zero-order valence-corrected chi connectivity index (χ0v) is 12.6. The Kier molecular flexibility index (Phi) is 4.79. The Morgan fingerprint density at radius 1 is 1.20 bits per heavy atom. The number of aromatic nitrogens is 2. The van der Waals surface area contributed by atoms with Crippen LogP contribution in [0.4, 0.5) is 5.82 Å². The van der Waals surface area contributed by atoms with Gasteiger partial charge in [-0.25, -0.2) is 9.97 Å². The first-order chi connectivity index (χ1) is 9.61. The van der Waals surface area contributed by atoms with Crippen molar-refractivity contribution in [1.29, 1.82) is 0 Å². The highest BCUT2D eigenvalue weighted by atomic mass is 35.5. The van der Waals surface area contributed by atoms with Crippen LogP contribution in [0.2, 0.25) is 5.15 Å². The van der Waals surface area contributed by atoms with Crippen LogP contribution in [0.25, 0.3) is 0 Å². The van der Waals surface area contributed by atoms with Gasteiger partial charge in [0.25, 0.3) is 0 Å². The summed E-state index contributed by atoms with van der Waals surface area (Å²) in [5.74, 6) is 1.90. The largest absolute Gasteiger partial charge is 0.497 e. The van der Waals surface area contributed by atoms with Crippen LogP contribution in [0.5, 0.6) is 5.75 Å². The van der Waals surface area contributed by atoms with Gasteiger partial charge < -0.3 is 10.1 Å². The number of nitrogens with zero attached hydrogens (tertiary/aromatic N) is 2. The molecule has 4 nitrogen and oxygen atoms in total. The van der Waals surface area contributed by atoms with E-state index in [0.717, 1.165) is 22.7 Å². The summed E-state index contributed by atoms with van der Waals surface area (Å²) in [6.45, 7) is 4.82. The maximum Gasteiger partial charge on any atom is 0.138 e. The van der Waals surface area contributed by atoms with Crippen molar-refractivity contribution in [2.24, 2.45) is 0 Å². The first kappa shape index (κ1) is 14.6. The minimum absolute atomic E-state index is 0.266. The van der Waals surface area contributed by atoms with E-state index in [4.69, 9.17) is 16.3 Å². The average Bonchev–Trinajstić information content (AvgIpc) is 2.45. The molecule has 106 valence electrons. The standard InChI is InChI=1S/C15H18ClN3O/c1-10(2)13-14(16)18-9-19-15(13)17-8-11-4-6-12(20-3)7-5-11/h4-7,9-10H,8H2,1-3H3,(H,17,18,19). The Balaban J connectivity index is 2.12. The second-order valence-electron chi connectivity index (χ2n) is 4.78. The Bertz CT molecular complexity index is 570. The zero-order valence-electron chi connectivity index (χ0n) is 11.9. The second-order valence-corrected chi connectivity index (χ2v) is 5.14. The van der Waals surface area contributed by atoms with E-state index in [9.17, 15) is 0 Å². The molecule has 1 aromatic heterocycles. The van der Waals surface area contributed by atoms with E-state index in [1.54, 1.807) is 7.11 Å². The van der Waals surface area contributed by atoms with Gasteiger partial charge in [-0.05, 0) is 23.6 Å². The highest BCUT2D eigenvalue weighted by Crippen LogP contribution is 2.28. The highest BCUT2D eigenvalue weighted by molar-refractivity contribution is 6.30. The van der Waals surface area contributed by atoms with Gasteiger partial charge in [-0.2, -0.15) is 0 Å². The Hall–Kier alpha value is -1.81. The molecule has 1 heterocycles. The molecule has 0 saturated carbocycles. The lowest BCUT2D eigenvalue weighted by molar-refractivity contribution is 0.414. The summed E-state index contributed by atoms with van der Waals surface area (Å²) in [7, 11) is 1.66. The second kappa shape index (κ2) is 6.57. The quantitative estimate of drug-likeness (QED) is 0.850. The Morgan fingerprint density at radius 3 is 2.50 bits per heavy atom. The van der Waals surface area contributed by atoms with Crippen LogP contribution in [-0.4, -0.2) is 17.1 Å². The fourth-order valence-corrected chi connectivity index (χ4v) is 2.31. The summed E-state index contributed by atoms with van der Waals surface area (Å²) in [5.41, 5.74) is 2.10. The summed E-state index contributed by atoms with van der Waals surface area (Å²) >= 11 is 6.14. The van der Waals surface area contributed by atoms with Crippen LogP contribution in [0.15, 0.2) is 30.6 Å². The molecule has 0 aliphatic heterocycles. The van der Waals surface area contributed by atoms with E-state index < -0.39 is 0 Å². The molecule has 5 heteroatoms. The first-order valence-corrected chi connectivity index (χ1v) is 6.86. The summed E-state index contributed by atoms with van der Waals surface area (Å²) in [4.78, 5) is 8.31. The number of anilines is 1. The predicted octanol–water partition coefficient (Wildman–Crippen LogP) is 3.87. The van der Waals surface area contributed by atoms with Crippen molar-refractivity contribution in [2.45, 2.75) is 26.3 Å². The molecule has 0 radical (unpaired) electrons. The molecule has 2 rings (SSSR count). The highest BCUT2D eigenvalue weighted by Gasteiger charge is 2.13. The summed E-state index contributed by atoms with van der Waals surface area (Å²) in [6.07, 6.45) is 1.48. The number of benzene rings is 1. The lowest BCUT2D eigenvalue weighted by Crippen LogP contribution is -2.07. The van der Waals surface area contributed by atoms with Crippen molar-refractivity contribution in [2.75, 3.05) is 12.4 Å². The smallest absolute Gasteiger partial charge is 0.138 e. The van der Waals surface area contributed by atoms with Crippen molar-refractivity contribution in [3.05, 3.63) is 46.9 Å². The maximum atomic E-state index is 6.14. The number of nitrogens with one attached hydrogen (secondary N) is 1. The molecule has 2 aromatic rings. The summed E-state index contributed by atoms with van der Waals surface area (Å²) in [5, 5.41) is 3.82. The minimum atomic E-state index is 0.266. The van der Waals surface area contributed by atoms with Crippen molar-refractivity contribution in [3.8, 4) is 5.75 Å². The average molecular weight is 292 g/mol. The number of hydrogen-bond acceptors (Lipinski definition) is 4. The van der Waals surface area contributed by atoms with E-state index in [1.807, 2.05) is 24.3 Å². The first-order valence-electron chi connectivity index (χ1n) is 6.49. The monoisotopic (exact) mass is 291 g/mol. The minimum Gasteiger partial charge on any atom is -0.497 e. The van der Waals surface area contributed by atoms with E-state index >= 15 is 0 Å². The normalized spacial score (nSPS) is 10.7. The third-order valence-corrected chi connectivity index (χ3v) is 3.33. The van der Waals surface area contributed by atoms with Gasteiger partial charge in [0.05, 0.1) is 7.11 Å². The van der Waals surface area contributed by atoms with Crippen LogP contribution < -0.4 is 10.1 Å². The van der Waals surface area contributed by atoms with Crippen LogP contribution in [-0.2, 0) is 6.54 Å². The lowest BCUT2D eigenvalue weighted by atomic mass is 10.1. The zero-order chi connectivity index (χ0) is 14.5. The third-order valence-electron chi connectivity index (χ3n) is 3.03. The molecule has 1 aromatic carbocycles. The molecule has 0 spiro atoms. The van der Waals surface area contributed by atoms with Gasteiger partial charge in [0, 0.05) is 12.1 Å². The maximum absolute atomic E-state index is 6.14. The summed E-state index contributed by atoms with van der Waals surface area (Å²) < 4.78 is 5.14. The number of hydrogen-bond donors (Lipinski definition) is 1. The lowest BCUT2D eigenvalue weighted by Gasteiger charge is -2.14. The molecule has 0 aliphatic rings. The van der Waals surface area contributed by atoms with Gasteiger partial charge in [0.15, 0.2) is 0 Å². The number of methoxy groups -OCH3 is 1. The van der Waals surface area contributed by atoms with Crippen LogP contribution in [0.1, 0.15) is 30.9 Å². The molecule has 0 fully saturated rings. The number of halogens is 1. The van der Waals surface area contributed by atoms with Crippen molar-refractivity contribution < 1.29 is 4.74 Å². The molecule has 1 N–H and O–H groups in total. The molecular formula is C15H18ClN3O. The molecular weight excluding hydrogens is 274 g/mol. The van der Waals surface area contributed by atoms with Crippen LogP contribution >= 0.6 is 11.6 Å². The molecule has 0 aliphatic carbocycles. The van der Waals surface area contributed by atoms with Crippen LogP contribution in [0, 0.1) is 0 Å². The van der Waals surface area contributed by atoms with Gasteiger partial charge in [-0.15, -0.1) is 0 Å². The van der Waals surface area contributed by atoms with Crippen molar-refractivity contribution >= 4 is 17.4 Å². The predicted molar refractivity (Wildman–Crippen MR) is 81.5 cm³/mol. The molecule has 0 amide bonds. The van der Waals surface area contributed by atoms with Gasteiger partial charge in [0.2, 0.25) is 0 Å². The molecule has 0 atom stereocenters. The van der Waals surface area contributed by atoms with E-state index in [-0.39, 0.29) is 5.92 Å². The Morgan fingerprint density at radius 2 is 1.90 bits per heavy atom. The van der Waals surface area contributed by atoms with Crippen LogP contribution in [0.3, 0.4) is 0 Å². The number of rotatable bonds is 5. The molecule has 0 unspecified atom stereocenters. The van der Waals surface area contributed by atoms with E-state index in [0.29, 0.717) is 11.7 Å². The van der Waals surface area contributed by atoms with Crippen molar-refractivity contribution in [1.82, 2.24) is 9.97 Å². The van der Waals surface area contributed by atoms with Gasteiger partial charge in [0.1, 0.15) is 23.0 Å². The van der Waals surface area contributed by atoms with Gasteiger partial charge >= 0.3 is 0 Å². The fraction of sp³-hybridized carbons (Fsp3) is 0.333. The Labute approximate surface area is 124 Å². The molecule has 0 bridgehead atoms. The van der Waals surface area contributed by atoms with E-state index in [2.05, 4.69) is 29.1 Å². The third kappa shape index (κ3) is 3.39. The molecule has 20 heavy (non-hydrogen) atoms. The number of ether oxygens (including phenoxy) is 1. The van der Waals surface area contributed by atoms with Gasteiger partial charge in [-0.1, -0.05) is 37.6 Å². The fourth-order valence-electron chi connectivity index (χ4n) is 1.96.